The molecule has 4 heteroatoms. The van der Waals surface area contributed by atoms with Crippen molar-refractivity contribution in [3.63, 3.8) is 0 Å². The van der Waals surface area contributed by atoms with Crippen molar-refractivity contribution < 1.29 is 4.79 Å². The van der Waals surface area contributed by atoms with Gasteiger partial charge in [0.1, 0.15) is 0 Å². The second kappa shape index (κ2) is 5.75. The predicted molar refractivity (Wildman–Crippen MR) is 66.2 cm³/mol. The van der Waals surface area contributed by atoms with E-state index in [0.717, 1.165) is 31.6 Å². The first kappa shape index (κ1) is 12.8. The van der Waals surface area contributed by atoms with Gasteiger partial charge in [-0.05, 0) is 39.0 Å². The molecule has 2 N–H and O–H groups in total. The van der Waals surface area contributed by atoms with Crippen LogP contribution < -0.4 is 10.6 Å². The lowest BCUT2D eigenvalue weighted by atomic mass is 9.99. The summed E-state index contributed by atoms with van der Waals surface area (Å²) in [6, 6.07) is 0.312. The second-order valence-electron chi connectivity index (χ2n) is 4.40. The van der Waals surface area contributed by atoms with Crippen molar-refractivity contribution in [2.75, 3.05) is 18.6 Å². The van der Waals surface area contributed by atoms with Crippen LogP contribution in [0.3, 0.4) is 0 Å². The van der Waals surface area contributed by atoms with Gasteiger partial charge in [-0.25, -0.2) is 0 Å². The summed E-state index contributed by atoms with van der Waals surface area (Å²) < 4.78 is 0. The molecule has 1 saturated heterocycles. The summed E-state index contributed by atoms with van der Waals surface area (Å²) in [5.41, 5.74) is -0.328. The van der Waals surface area contributed by atoms with E-state index in [-0.39, 0.29) is 11.4 Å². The predicted octanol–water partition coefficient (Wildman–Crippen LogP) is 1.39. The lowest BCUT2D eigenvalue weighted by Gasteiger charge is -2.26. The van der Waals surface area contributed by atoms with Gasteiger partial charge in [-0.15, -0.1) is 0 Å². The average molecular weight is 230 g/mol. The standard InChI is InChI=1S/C11H22N2OS/c1-4-9(8-15-3)13-10(14)11(2)6-5-7-12-11/h9,12H,4-8H2,1-3H3,(H,13,14). The first-order chi connectivity index (χ1) is 7.12. The van der Waals surface area contributed by atoms with E-state index in [0.29, 0.717) is 6.04 Å². The molecule has 1 amide bonds. The van der Waals surface area contributed by atoms with Crippen molar-refractivity contribution in [2.45, 2.75) is 44.7 Å². The lowest BCUT2D eigenvalue weighted by Crippen LogP contribution is -2.54. The van der Waals surface area contributed by atoms with Crippen LogP contribution in [-0.4, -0.2) is 36.0 Å². The SMILES string of the molecule is CCC(CSC)NC(=O)C1(C)CCCN1. The fourth-order valence-electron chi connectivity index (χ4n) is 1.90. The van der Waals surface area contributed by atoms with Crippen LogP contribution in [0.5, 0.6) is 0 Å². The Bertz CT molecular complexity index is 215. The molecule has 0 saturated carbocycles. The van der Waals surface area contributed by atoms with Gasteiger partial charge in [0.05, 0.1) is 5.54 Å². The molecular weight excluding hydrogens is 208 g/mol. The minimum absolute atomic E-state index is 0.168. The zero-order chi connectivity index (χ0) is 11.3. The van der Waals surface area contributed by atoms with Crippen LogP contribution in [-0.2, 0) is 4.79 Å². The van der Waals surface area contributed by atoms with Crippen molar-refractivity contribution in [3.05, 3.63) is 0 Å². The summed E-state index contributed by atoms with van der Waals surface area (Å²) in [6.45, 7) is 5.08. The normalized spacial score (nSPS) is 27.7. The lowest BCUT2D eigenvalue weighted by molar-refractivity contribution is -0.127. The van der Waals surface area contributed by atoms with E-state index in [9.17, 15) is 4.79 Å². The van der Waals surface area contributed by atoms with E-state index >= 15 is 0 Å². The van der Waals surface area contributed by atoms with Crippen LogP contribution in [0, 0.1) is 0 Å². The zero-order valence-corrected chi connectivity index (χ0v) is 10.7. The maximum absolute atomic E-state index is 12.0. The van der Waals surface area contributed by atoms with E-state index in [2.05, 4.69) is 23.8 Å². The molecule has 1 aliphatic heterocycles. The van der Waals surface area contributed by atoms with Crippen LogP contribution in [0.2, 0.25) is 0 Å². The minimum Gasteiger partial charge on any atom is -0.351 e. The van der Waals surface area contributed by atoms with Crippen LogP contribution in [0.15, 0.2) is 0 Å². The first-order valence-corrected chi connectivity index (χ1v) is 7.06. The number of hydrogen-bond acceptors (Lipinski definition) is 3. The minimum atomic E-state index is -0.328. The summed E-state index contributed by atoms with van der Waals surface area (Å²) in [4.78, 5) is 12.0. The monoisotopic (exact) mass is 230 g/mol. The van der Waals surface area contributed by atoms with Crippen molar-refractivity contribution in [1.82, 2.24) is 10.6 Å². The summed E-state index contributed by atoms with van der Waals surface area (Å²) in [5.74, 6) is 1.17. The van der Waals surface area contributed by atoms with Gasteiger partial charge in [0.15, 0.2) is 0 Å². The Hall–Kier alpha value is -0.220. The fraction of sp³-hybridized carbons (Fsp3) is 0.909. The molecule has 3 nitrogen and oxygen atoms in total. The molecule has 2 unspecified atom stereocenters. The third-order valence-corrected chi connectivity index (χ3v) is 3.80. The number of thioether (sulfide) groups is 1. The molecule has 0 aromatic heterocycles. The Morgan fingerprint density at radius 1 is 1.67 bits per heavy atom. The molecule has 0 aromatic carbocycles. The number of carbonyl (C=O) groups excluding carboxylic acids is 1. The highest BCUT2D eigenvalue weighted by Crippen LogP contribution is 2.19. The molecule has 2 atom stereocenters. The molecule has 0 radical (unpaired) electrons. The van der Waals surface area contributed by atoms with Crippen LogP contribution in [0.25, 0.3) is 0 Å². The maximum atomic E-state index is 12.0. The van der Waals surface area contributed by atoms with Crippen molar-refractivity contribution >= 4 is 17.7 Å². The van der Waals surface area contributed by atoms with E-state index in [1.54, 1.807) is 11.8 Å². The first-order valence-electron chi connectivity index (χ1n) is 5.67. The van der Waals surface area contributed by atoms with Gasteiger partial charge < -0.3 is 10.6 Å². The van der Waals surface area contributed by atoms with E-state index in [1.807, 2.05) is 6.92 Å². The third kappa shape index (κ3) is 3.38. The van der Waals surface area contributed by atoms with E-state index in [4.69, 9.17) is 0 Å². The van der Waals surface area contributed by atoms with Crippen molar-refractivity contribution in [3.8, 4) is 0 Å². The molecule has 0 bridgehead atoms. The largest absolute Gasteiger partial charge is 0.351 e. The molecule has 15 heavy (non-hydrogen) atoms. The molecule has 1 aliphatic rings. The third-order valence-electron chi connectivity index (χ3n) is 3.07. The maximum Gasteiger partial charge on any atom is 0.240 e. The van der Waals surface area contributed by atoms with Crippen molar-refractivity contribution in [2.24, 2.45) is 0 Å². The highest BCUT2D eigenvalue weighted by atomic mass is 32.2. The van der Waals surface area contributed by atoms with Gasteiger partial charge in [-0.2, -0.15) is 11.8 Å². The number of amides is 1. The average Bonchev–Trinajstić information content (AvgIpc) is 2.65. The molecule has 0 aromatic rings. The van der Waals surface area contributed by atoms with Crippen LogP contribution in [0.1, 0.15) is 33.1 Å². The van der Waals surface area contributed by atoms with Crippen molar-refractivity contribution in [1.29, 1.82) is 0 Å². The van der Waals surface area contributed by atoms with Gasteiger partial charge in [0, 0.05) is 11.8 Å². The summed E-state index contributed by atoms with van der Waals surface area (Å²) >= 11 is 1.78. The van der Waals surface area contributed by atoms with Gasteiger partial charge >= 0.3 is 0 Å². The van der Waals surface area contributed by atoms with Gasteiger partial charge in [-0.3, -0.25) is 4.79 Å². The Balaban J connectivity index is 2.45. The number of rotatable bonds is 5. The van der Waals surface area contributed by atoms with Gasteiger partial charge in [-0.1, -0.05) is 6.92 Å². The molecule has 0 aliphatic carbocycles. The number of carbonyl (C=O) groups is 1. The Morgan fingerprint density at radius 3 is 2.87 bits per heavy atom. The van der Waals surface area contributed by atoms with Crippen LogP contribution >= 0.6 is 11.8 Å². The van der Waals surface area contributed by atoms with E-state index in [1.165, 1.54) is 0 Å². The van der Waals surface area contributed by atoms with E-state index < -0.39 is 0 Å². The Kier molecular flexibility index (Phi) is 4.93. The molecule has 1 rings (SSSR count). The topological polar surface area (TPSA) is 41.1 Å². The second-order valence-corrected chi connectivity index (χ2v) is 5.31. The molecule has 1 fully saturated rings. The molecule has 1 heterocycles. The summed E-state index contributed by atoms with van der Waals surface area (Å²) in [6.07, 6.45) is 5.13. The van der Waals surface area contributed by atoms with Crippen LogP contribution in [0.4, 0.5) is 0 Å². The smallest absolute Gasteiger partial charge is 0.240 e. The quantitative estimate of drug-likeness (QED) is 0.750. The Labute approximate surface area is 96.8 Å². The molecular formula is C11H22N2OS. The fourth-order valence-corrected chi connectivity index (χ4v) is 2.62. The zero-order valence-electron chi connectivity index (χ0n) is 9.93. The summed E-state index contributed by atoms with van der Waals surface area (Å²) in [7, 11) is 0. The highest BCUT2D eigenvalue weighted by Gasteiger charge is 2.36. The Morgan fingerprint density at radius 2 is 2.40 bits per heavy atom. The number of nitrogens with one attached hydrogen (secondary N) is 2. The van der Waals surface area contributed by atoms with Gasteiger partial charge in [0.25, 0.3) is 0 Å². The summed E-state index contributed by atoms with van der Waals surface area (Å²) in [5, 5.41) is 6.41. The highest BCUT2D eigenvalue weighted by molar-refractivity contribution is 7.98. The number of hydrogen-bond donors (Lipinski definition) is 2. The molecule has 0 spiro atoms. The van der Waals surface area contributed by atoms with Gasteiger partial charge in [0.2, 0.25) is 5.91 Å². The molecule has 88 valence electrons.